The lowest BCUT2D eigenvalue weighted by Gasteiger charge is -2.29. The number of hydrogen-bond acceptors (Lipinski definition) is 8. The molecule has 14 heteroatoms. The first-order chi connectivity index (χ1) is 20.9. The molecule has 0 amide bonds. The van der Waals surface area contributed by atoms with E-state index in [-0.39, 0.29) is 47.3 Å². The van der Waals surface area contributed by atoms with E-state index in [1.54, 1.807) is 24.4 Å². The minimum absolute atomic E-state index is 0.0612. The van der Waals surface area contributed by atoms with Gasteiger partial charge in [0.05, 0.1) is 48.5 Å². The first kappa shape index (κ1) is 33.4. The molecule has 4 aromatic rings. The molecule has 3 heterocycles. The molecule has 1 aliphatic heterocycles. The second-order valence-electron chi connectivity index (χ2n) is 10.8. The van der Waals surface area contributed by atoms with E-state index in [0.717, 1.165) is 26.1 Å². The maximum absolute atomic E-state index is 13.5. The van der Waals surface area contributed by atoms with Crippen molar-refractivity contribution in [2.45, 2.75) is 44.2 Å². The average molecular weight is 703 g/mol. The molecule has 0 saturated carbocycles. The van der Waals surface area contributed by atoms with Gasteiger partial charge in [0, 0.05) is 50.9 Å². The summed E-state index contributed by atoms with van der Waals surface area (Å²) >= 11 is 13.9. The molecular weight excluding hydrogens is 673 g/mol. The Hall–Kier alpha value is -1.95. The van der Waals surface area contributed by atoms with Crippen LogP contribution in [0.25, 0.3) is 21.8 Å². The third-order valence-corrected chi connectivity index (χ3v) is 9.98. The van der Waals surface area contributed by atoms with Gasteiger partial charge in [-0.3, -0.25) is 4.98 Å². The molecule has 234 valence electrons. The van der Waals surface area contributed by atoms with E-state index in [1.807, 2.05) is 35.7 Å². The standard InChI is InChI=1S/C30H29Cl2F3N3O3PS2/c1-29(2,3)27-16-20(9-11-36-27)28-37-25(18-43-28)23-8-7-22(17-24(23)32)38(44-30(33,34)35)12-14-40-42-39-13-10-26(41-42)19-5-4-6-21(31)15-19/h4-9,11,15-18,26H,10,12-14H2,1-3H3. The molecule has 0 aliphatic carbocycles. The van der Waals surface area contributed by atoms with Gasteiger partial charge in [-0.1, -0.05) is 56.1 Å². The van der Waals surface area contributed by atoms with Crippen LogP contribution in [0.2, 0.25) is 10.0 Å². The molecule has 1 fully saturated rings. The van der Waals surface area contributed by atoms with Crippen molar-refractivity contribution in [2.75, 3.05) is 24.1 Å². The minimum atomic E-state index is -4.52. The molecule has 5 rings (SSSR count). The van der Waals surface area contributed by atoms with Crippen LogP contribution in [0.4, 0.5) is 18.9 Å². The molecular formula is C30H29Cl2F3N3O3PS2. The fourth-order valence-electron chi connectivity index (χ4n) is 4.34. The van der Waals surface area contributed by atoms with Crippen molar-refractivity contribution >= 4 is 60.8 Å². The summed E-state index contributed by atoms with van der Waals surface area (Å²) in [5, 5.41) is 3.55. The number of halogens is 5. The first-order valence-corrected chi connectivity index (χ1v) is 17.1. The van der Waals surface area contributed by atoms with Crippen molar-refractivity contribution in [1.29, 1.82) is 0 Å². The third-order valence-electron chi connectivity index (χ3n) is 6.51. The molecule has 1 aliphatic rings. The van der Waals surface area contributed by atoms with Crippen molar-refractivity contribution in [3.8, 4) is 21.8 Å². The molecule has 2 atom stereocenters. The monoisotopic (exact) mass is 701 g/mol. The lowest BCUT2D eigenvalue weighted by Crippen LogP contribution is -2.25. The molecule has 44 heavy (non-hydrogen) atoms. The smallest absolute Gasteiger partial charge is 0.312 e. The number of alkyl halides is 3. The summed E-state index contributed by atoms with van der Waals surface area (Å²) in [6.07, 6.45) is 2.11. The highest BCUT2D eigenvalue weighted by molar-refractivity contribution is 8.01. The number of nitrogens with zero attached hydrogens (tertiary/aromatic N) is 3. The molecule has 0 N–H and O–H groups in total. The molecule has 6 nitrogen and oxygen atoms in total. The lowest BCUT2D eigenvalue weighted by atomic mass is 9.91. The number of benzene rings is 2. The van der Waals surface area contributed by atoms with Gasteiger partial charge in [-0.05, 0) is 48.0 Å². The molecule has 2 aromatic heterocycles. The Kier molecular flexibility index (Phi) is 10.8. The normalized spacial score (nSPS) is 17.5. The van der Waals surface area contributed by atoms with Gasteiger partial charge in [0.1, 0.15) is 5.01 Å². The van der Waals surface area contributed by atoms with E-state index in [9.17, 15) is 13.2 Å². The predicted octanol–water partition coefficient (Wildman–Crippen LogP) is 10.9. The Morgan fingerprint density at radius 2 is 1.93 bits per heavy atom. The summed E-state index contributed by atoms with van der Waals surface area (Å²) in [6, 6.07) is 16.0. The number of pyridine rings is 1. The maximum Gasteiger partial charge on any atom is 0.461 e. The molecule has 2 unspecified atom stereocenters. The van der Waals surface area contributed by atoms with E-state index < -0.39 is 14.1 Å². The van der Waals surface area contributed by atoms with Crippen LogP contribution in [0.3, 0.4) is 0 Å². The summed E-state index contributed by atoms with van der Waals surface area (Å²) in [7, 11) is -1.74. The summed E-state index contributed by atoms with van der Waals surface area (Å²) in [5.74, 6) is 0. The van der Waals surface area contributed by atoms with Crippen LogP contribution in [0.1, 0.15) is 44.6 Å². The Bertz CT molecular complexity index is 1590. The van der Waals surface area contributed by atoms with E-state index in [0.29, 0.717) is 29.3 Å². The molecule has 0 spiro atoms. The van der Waals surface area contributed by atoms with Crippen LogP contribution >= 0.6 is 55.1 Å². The third kappa shape index (κ3) is 8.85. The zero-order valence-corrected chi connectivity index (χ0v) is 28.0. The summed E-state index contributed by atoms with van der Waals surface area (Å²) in [6.45, 7) is 6.53. The van der Waals surface area contributed by atoms with Crippen molar-refractivity contribution in [1.82, 2.24) is 9.97 Å². The fraction of sp³-hybridized carbons (Fsp3) is 0.333. The van der Waals surface area contributed by atoms with E-state index in [2.05, 4.69) is 25.8 Å². The molecule has 0 bridgehead atoms. The number of rotatable bonds is 9. The van der Waals surface area contributed by atoms with Crippen LogP contribution < -0.4 is 4.31 Å². The van der Waals surface area contributed by atoms with Crippen molar-refractivity contribution in [3.05, 3.63) is 87.5 Å². The second kappa shape index (κ2) is 14.2. The fourth-order valence-corrected chi connectivity index (χ4v) is 7.38. The van der Waals surface area contributed by atoms with Gasteiger partial charge in [0.25, 0.3) is 0 Å². The lowest BCUT2D eigenvalue weighted by molar-refractivity contribution is -0.0329. The van der Waals surface area contributed by atoms with Crippen molar-refractivity contribution < 1.29 is 26.7 Å². The second-order valence-corrected chi connectivity index (χ2v) is 14.8. The average Bonchev–Trinajstić information content (AvgIpc) is 3.46. The topological polar surface area (TPSA) is 56.7 Å². The van der Waals surface area contributed by atoms with Gasteiger partial charge in [-0.15, -0.1) is 11.3 Å². The number of hydrogen-bond donors (Lipinski definition) is 0. The van der Waals surface area contributed by atoms with Gasteiger partial charge in [-0.25, -0.2) is 4.98 Å². The molecule has 0 radical (unpaired) electrons. The summed E-state index contributed by atoms with van der Waals surface area (Å²) in [4.78, 5) is 9.23. The Morgan fingerprint density at radius 1 is 1.11 bits per heavy atom. The van der Waals surface area contributed by atoms with E-state index in [4.69, 9.17) is 41.8 Å². The van der Waals surface area contributed by atoms with Gasteiger partial charge >= 0.3 is 14.1 Å². The van der Waals surface area contributed by atoms with Gasteiger partial charge in [-0.2, -0.15) is 13.2 Å². The summed E-state index contributed by atoms with van der Waals surface area (Å²) in [5.41, 5.74) is -0.322. The quantitative estimate of drug-likeness (QED) is 0.127. The van der Waals surface area contributed by atoms with E-state index in [1.165, 1.54) is 17.4 Å². The SMILES string of the molecule is CC(C)(C)c1cc(-c2nc(-c3ccc(N(CCOP4OCCC(c5cccc(Cl)c5)O4)SC(F)(F)F)cc3Cl)cs2)ccn1. The van der Waals surface area contributed by atoms with Crippen molar-refractivity contribution in [2.24, 2.45) is 0 Å². The van der Waals surface area contributed by atoms with Crippen LogP contribution in [-0.4, -0.2) is 35.2 Å². The number of anilines is 1. The molecule has 2 aromatic carbocycles. The maximum atomic E-state index is 13.5. The number of thiazole rings is 1. The van der Waals surface area contributed by atoms with Gasteiger partial charge < -0.3 is 17.9 Å². The minimum Gasteiger partial charge on any atom is -0.312 e. The largest absolute Gasteiger partial charge is 0.461 e. The molecule has 1 saturated heterocycles. The predicted molar refractivity (Wildman–Crippen MR) is 174 cm³/mol. The van der Waals surface area contributed by atoms with Crippen LogP contribution in [-0.2, 0) is 19.0 Å². The van der Waals surface area contributed by atoms with E-state index >= 15 is 0 Å². The first-order valence-electron chi connectivity index (χ1n) is 13.6. The van der Waals surface area contributed by atoms with Crippen molar-refractivity contribution in [3.63, 3.8) is 0 Å². The zero-order valence-electron chi connectivity index (χ0n) is 24.0. The van der Waals surface area contributed by atoms with Gasteiger partial charge in [0.2, 0.25) is 0 Å². The highest BCUT2D eigenvalue weighted by Gasteiger charge is 2.34. The zero-order chi connectivity index (χ0) is 31.5. The Labute approximate surface area is 274 Å². The van der Waals surface area contributed by atoms with Crippen LogP contribution in [0, 0.1) is 0 Å². The van der Waals surface area contributed by atoms with Crippen LogP contribution in [0.5, 0.6) is 0 Å². The Balaban J connectivity index is 1.27. The highest BCUT2D eigenvalue weighted by atomic mass is 35.5. The van der Waals surface area contributed by atoms with Crippen LogP contribution in [0.15, 0.2) is 66.2 Å². The van der Waals surface area contributed by atoms with Gasteiger partial charge in [0.15, 0.2) is 0 Å². The summed E-state index contributed by atoms with van der Waals surface area (Å²) < 4.78 is 59.0. The highest BCUT2D eigenvalue weighted by Crippen LogP contribution is 2.50. The Morgan fingerprint density at radius 3 is 2.66 bits per heavy atom. The number of aromatic nitrogens is 2.